The highest BCUT2D eigenvalue weighted by Gasteiger charge is 2.27. The second-order valence-corrected chi connectivity index (χ2v) is 2.02. The van der Waals surface area contributed by atoms with Gasteiger partial charge in [0.25, 0.3) is 0 Å². The van der Waals surface area contributed by atoms with Gasteiger partial charge in [-0.1, -0.05) is 18.2 Å². The minimum atomic E-state index is -0.796. The topological polar surface area (TPSA) is 72.6 Å². The summed E-state index contributed by atoms with van der Waals surface area (Å²) in [5.74, 6) is 0. The van der Waals surface area contributed by atoms with Crippen LogP contribution in [0.2, 0.25) is 0 Å². The summed E-state index contributed by atoms with van der Waals surface area (Å²) < 4.78 is 0. The fourth-order valence-corrected chi connectivity index (χ4v) is 0.772. The van der Waals surface area contributed by atoms with Crippen LogP contribution in [0.4, 0.5) is 0 Å². The third-order valence-electron chi connectivity index (χ3n) is 1.27. The molecule has 0 saturated carbocycles. The molecular weight excluding hydrogens is 162 g/mol. The van der Waals surface area contributed by atoms with Crippen LogP contribution < -0.4 is 0 Å². The van der Waals surface area contributed by atoms with Gasteiger partial charge < -0.3 is 0 Å². The summed E-state index contributed by atoms with van der Waals surface area (Å²) >= 11 is 0. The van der Waals surface area contributed by atoms with Crippen LogP contribution in [0.3, 0.4) is 0 Å². The van der Waals surface area contributed by atoms with Crippen LogP contribution >= 0.6 is 0 Å². The lowest BCUT2D eigenvalue weighted by molar-refractivity contribution is -0.541. The van der Waals surface area contributed by atoms with E-state index in [1.54, 1.807) is 18.2 Å². The van der Waals surface area contributed by atoms with E-state index in [0.29, 0.717) is 0 Å². The normalized spacial score (nSPS) is 10.2. The molecular formula is C7H6NO4. The predicted molar refractivity (Wildman–Crippen MR) is 39.5 cm³/mol. The van der Waals surface area contributed by atoms with E-state index in [1.807, 2.05) is 0 Å². The second kappa shape index (κ2) is 3.80. The van der Waals surface area contributed by atoms with Gasteiger partial charge >= 0.3 is 6.23 Å². The molecule has 0 fully saturated rings. The van der Waals surface area contributed by atoms with E-state index in [-0.39, 0.29) is 5.56 Å². The van der Waals surface area contributed by atoms with E-state index in [4.69, 9.17) is 5.26 Å². The van der Waals surface area contributed by atoms with Crippen LogP contribution in [-0.4, -0.2) is 10.2 Å². The van der Waals surface area contributed by atoms with Gasteiger partial charge in [-0.25, -0.2) is 5.26 Å². The maximum absolute atomic E-state index is 10.2. The number of hydrogen-bond donors (Lipinski definition) is 1. The lowest BCUT2D eigenvalue weighted by Gasteiger charge is -2.00. The van der Waals surface area contributed by atoms with Crippen molar-refractivity contribution in [3.8, 4) is 0 Å². The molecule has 0 aliphatic heterocycles. The van der Waals surface area contributed by atoms with Gasteiger partial charge in [-0.15, -0.1) is 4.89 Å². The Morgan fingerprint density at radius 3 is 2.42 bits per heavy atom. The van der Waals surface area contributed by atoms with Crippen LogP contribution in [0.25, 0.3) is 0 Å². The van der Waals surface area contributed by atoms with Gasteiger partial charge in [0, 0.05) is 0 Å². The first-order chi connectivity index (χ1) is 5.75. The van der Waals surface area contributed by atoms with Gasteiger partial charge in [0.05, 0.1) is 10.5 Å². The van der Waals surface area contributed by atoms with Gasteiger partial charge in [0.1, 0.15) is 0 Å². The van der Waals surface area contributed by atoms with Crippen molar-refractivity contribution < 1.29 is 15.1 Å². The van der Waals surface area contributed by atoms with Crippen LogP contribution in [0.1, 0.15) is 5.56 Å². The molecule has 0 amide bonds. The quantitative estimate of drug-likeness (QED) is 0.419. The summed E-state index contributed by atoms with van der Waals surface area (Å²) in [5.41, 5.74) is 0.227. The van der Waals surface area contributed by atoms with Gasteiger partial charge in [-0.3, -0.25) is 10.1 Å². The predicted octanol–water partition coefficient (Wildman–Crippen LogP) is 1.29. The summed E-state index contributed by atoms with van der Waals surface area (Å²) in [6.07, 6.45) is -0.671. The third-order valence-corrected chi connectivity index (χ3v) is 1.27. The van der Waals surface area contributed by atoms with Gasteiger partial charge in [0.2, 0.25) is 0 Å². The second-order valence-electron chi connectivity index (χ2n) is 2.02. The maximum atomic E-state index is 10.2. The van der Waals surface area contributed by atoms with Crippen molar-refractivity contribution >= 4 is 0 Å². The third kappa shape index (κ3) is 1.77. The summed E-state index contributed by atoms with van der Waals surface area (Å²) in [6, 6.07) is 7.86. The number of rotatable bonds is 3. The molecule has 0 aliphatic carbocycles. The van der Waals surface area contributed by atoms with Crippen molar-refractivity contribution in [3.63, 3.8) is 0 Å². The molecule has 0 aliphatic rings. The van der Waals surface area contributed by atoms with Crippen LogP contribution in [0, 0.1) is 16.3 Å². The summed E-state index contributed by atoms with van der Waals surface area (Å²) in [4.78, 5) is 13.0. The highest BCUT2D eigenvalue weighted by molar-refractivity contribution is 5.22. The Hall–Kier alpha value is -1.46. The lowest BCUT2D eigenvalue weighted by Crippen LogP contribution is -2.13. The number of nitrogens with zero attached hydrogens (tertiary/aromatic N) is 1. The highest BCUT2D eigenvalue weighted by Crippen LogP contribution is 2.14. The Kier molecular flexibility index (Phi) is 2.73. The summed E-state index contributed by atoms with van der Waals surface area (Å²) in [7, 11) is 0. The van der Waals surface area contributed by atoms with Gasteiger partial charge in [-0.05, 0) is 12.1 Å². The van der Waals surface area contributed by atoms with Crippen molar-refractivity contribution in [1.82, 2.24) is 0 Å². The zero-order valence-corrected chi connectivity index (χ0v) is 6.01. The fourth-order valence-electron chi connectivity index (χ4n) is 0.772. The molecule has 0 unspecified atom stereocenters. The van der Waals surface area contributed by atoms with E-state index in [0.717, 1.165) is 0 Å². The molecule has 0 saturated heterocycles. The molecule has 0 spiro atoms. The SMILES string of the molecule is O=[N+]([O-])[C](OO)c1ccccc1. The average Bonchev–Trinajstić information content (AvgIpc) is 2.07. The van der Waals surface area contributed by atoms with E-state index >= 15 is 0 Å². The largest absolute Gasteiger partial charge is 0.479 e. The monoisotopic (exact) mass is 168 g/mol. The van der Waals surface area contributed by atoms with E-state index in [2.05, 4.69) is 4.89 Å². The standard InChI is InChI=1S/C7H6NO4/c9-8(10)7(12-11)6-4-2-1-3-5-6/h1-5,11H. The highest BCUT2D eigenvalue weighted by atomic mass is 17.1. The van der Waals surface area contributed by atoms with E-state index < -0.39 is 11.2 Å². The Balaban J connectivity index is 2.88. The minimum Gasteiger partial charge on any atom is -0.261 e. The number of nitro groups is 1. The zero-order valence-electron chi connectivity index (χ0n) is 6.01. The Bertz CT molecular complexity index is 261. The number of benzene rings is 1. The first-order valence-corrected chi connectivity index (χ1v) is 3.14. The van der Waals surface area contributed by atoms with E-state index in [1.165, 1.54) is 12.1 Å². The molecule has 1 N–H and O–H groups in total. The Morgan fingerprint density at radius 1 is 1.42 bits per heavy atom. The maximum Gasteiger partial charge on any atom is 0.479 e. The average molecular weight is 168 g/mol. The van der Waals surface area contributed by atoms with Crippen molar-refractivity contribution in [1.29, 1.82) is 0 Å². The first kappa shape index (κ1) is 8.63. The Morgan fingerprint density at radius 2 is 2.00 bits per heavy atom. The van der Waals surface area contributed by atoms with Crippen LogP contribution in [0.5, 0.6) is 0 Å². The van der Waals surface area contributed by atoms with Crippen molar-refractivity contribution in [3.05, 3.63) is 52.2 Å². The number of hydrogen-bond acceptors (Lipinski definition) is 4. The molecule has 63 valence electrons. The van der Waals surface area contributed by atoms with Gasteiger partial charge in [0.15, 0.2) is 0 Å². The Labute approximate surface area is 68.3 Å². The van der Waals surface area contributed by atoms with Gasteiger partial charge in [-0.2, -0.15) is 0 Å². The summed E-state index contributed by atoms with van der Waals surface area (Å²) in [5, 5.41) is 18.4. The fraction of sp³-hybridized carbons (Fsp3) is 0. The summed E-state index contributed by atoms with van der Waals surface area (Å²) in [6.45, 7) is 0. The van der Waals surface area contributed by atoms with Crippen LogP contribution in [-0.2, 0) is 4.89 Å². The molecule has 1 aromatic rings. The van der Waals surface area contributed by atoms with Crippen molar-refractivity contribution in [2.24, 2.45) is 0 Å². The lowest BCUT2D eigenvalue weighted by atomic mass is 10.2. The molecule has 5 heteroatoms. The molecule has 12 heavy (non-hydrogen) atoms. The first-order valence-electron chi connectivity index (χ1n) is 3.14. The van der Waals surface area contributed by atoms with Crippen molar-refractivity contribution in [2.75, 3.05) is 0 Å². The molecule has 1 aromatic carbocycles. The van der Waals surface area contributed by atoms with Crippen molar-refractivity contribution in [2.45, 2.75) is 0 Å². The van der Waals surface area contributed by atoms with E-state index in [9.17, 15) is 10.1 Å². The molecule has 0 aromatic heterocycles. The molecule has 1 rings (SSSR count). The molecule has 1 radical (unpaired) electrons. The molecule has 0 atom stereocenters. The van der Waals surface area contributed by atoms with Crippen LogP contribution in [0.15, 0.2) is 30.3 Å². The smallest absolute Gasteiger partial charge is 0.261 e. The molecule has 0 heterocycles. The molecule has 5 nitrogen and oxygen atoms in total. The minimum absolute atomic E-state index is 0.227. The zero-order chi connectivity index (χ0) is 8.97. The molecule has 0 bridgehead atoms.